The molecule has 4 heteroatoms. The highest BCUT2D eigenvalue weighted by atomic mass is 16.3. The molecule has 1 saturated heterocycles. The van der Waals surface area contributed by atoms with Crippen molar-refractivity contribution < 1.29 is 9.21 Å². The quantitative estimate of drug-likeness (QED) is 0.839. The lowest BCUT2D eigenvalue weighted by atomic mass is 9.99. The minimum atomic E-state index is 0.0410. The van der Waals surface area contributed by atoms with Gasteiger partial charge in [0.1, 0.15) is 6.26 Å². The number of rotatable bonds is 3. The van der Waals surface area contributed by atoms with Gasteiger partial charge in [0.05, 0.1) is 11.8 Å². The van der Waals surface area contributed by atoms with Crippen LogP contribution < -0.4 is 5.32 Å². The number of furan rings is 1. The zero-order valence-corrected chi connectivity index (χ0v) is 9.61. The fourth-order valence-corrected chi connectivity index (χ4v) is 2.16. The van der Waals surface area contributed by atoms with Crippen LogP contribution in [0.25, 0.3) is 0 Å². The van der Waals surface area contributed by atoms with Gasteiger partial charge < -0.3 is 14.6 Å². The second kappa shape index (κ2) is 5.16. The molecule has 0 radical (unpaired) electrons. The zero-order valence-electron chi connectivity index (χ0n) is 9.61. The van der Waals surface area contributed by atoms with Crippen LogP contribution in [0.4, 0.5) is 0 Å². The summed E-state index contributed by atoms with van der Waals surface area (Å²) in [6.45, 7) is 2.94. The number of amides is 1. The van der Waals surface area contributed by atoms with E-state index in [9.17, 15) is 4.79 Å². The standard InChI is InChI=1S/C12H18N2O2/c1-14(8-10-3-2-5-13-7-10)12(15)11-4-6-16-9-11/h4,6,9-10,13H,2-3,5,7-8H2,1H3. The summed E-state index contributed by atoms with van der Waals surface area (Å²) in [7, 11) is 1.85. The van der Waals surface area contributed by atoms with Crippen molar-refractivity contribution in [3.8, 4) is 0 Å². The molecule has 1 aromatic heterocycles. The van der Waals surface area contributed by atoms with Crippen LogP contribution in [0.15, 0.2) is 23.0 Å². The van der Waals surface area contributed by atoms with E-state index in [1.807, 2.05) is 7.05 Å². The maximum atomic E-state index is 11.9. The van der Waals surface area contributed by atoms with Crippen LogP contribution >= 0.6 is 0 Å². The summed E-state index contributed by atoms with van der Waals surface area (Å²) >= 11 is 0. The lowest BCUT2D eigenvalue weighted by Crippen LogP contribution is -2.39. The SMILES string of the molecule is CN(CC1CCCNC1)C(=O)c1ccoc1. The van der Waals surface area contributed by atoms with Crippen molar-refractivity contribution in [3.63, 3.8) is 0 Å². The Kier molecular flexibility index (Phi) is 3.62. The summed E-state index contributed by atoms with van der Waals surface area (Å²) in [5, 5.41) is 3.36. The highest BCUT2D eigenvalue weighted by Crippen LogP contribution is 2.13. The van der Waals surface area contributed by atoms with E-state index < -0.39 is 0 Å². The molecular formula is C12H18N2O2. The molecule has 16 heavy (non-hydrogen) atoms. The molecule has 1 atom stereocenters. The molecule has 0 aromatic carbocycles. The van der Waals surface area contributed by atoms with E-state index in [1.165, 1.54) is 25.4 Å². The zero-order chi connectivity index (χ0) is 11.4. The van der Waals surface area contributed by atoms with Crippen molar-refractivity contribution in [2.75, 3.05) is 26.7 Å². The van der Waals surface area contributed by atoms with Gasteiger partial charge in [0.2, 0.25) is 0 Å². The molecule has 1 fully saturated rings. The average Bonchev–Trinajstić information content (AvgIpc) is 2.83. The molecule has 2 heterocycles. The molecule has 0 saturated carbocycles. The Morgan fingerprint density at radius 2 is 2.56 bits per heavy atom. The smallest absolute Gasteiger partial charge is 0.256 e. The van der Waals surface area contributed by atoms with Crippen LogP contribution in [-0.4, -0.2) is 37.5 Å². The largest absolute Gasteiger partial charge is 0.472 e. The number of piperidine rings is 1. The summed E-state index contributed by atoms with van der Waals surface area (Å²) in [4.78, 5) is 13.7. The minimum absolute atomic E-state index is 0.0410. The first-order chi connectivity index (χ1) is 7.77. The van der Waals surface area contributed by atoms with Crippen LogP contribution in [0.1, 0.15) is 23.2 Å². The summed E-state index contributed by atoms with van der Waals surface area (Å²) in [5.74, 6) is 0.619. The average molecular weight is 222 g/mol. The number of nitrogens with one attached hydrogen (secondary N) is 1. The van der Waals surface area contributed by atoms with Crippen molar-refractivity contribution in [1.82, 2.24) is 10.2 Å². The fourth-order valence-electron chi connectivity index (χ4n) is 2.16. The molecule has 1 N–H and O–H groups in total. The Hall–Kier alpha value is -1.29. The molecule has 4 nitrogen and oxygen atoms in total. The van der Waals surface area contributed by atoms with Crippen LogP contribution in [0.3, 0.4) is 0 Å². The third-order valence-electron chi connectivity index (χ3n) is 3.05. The number of carbonyl (C=O) groups excluding carboxylic acids is 1. The van der Waals surface area contributed by atoms with Gasteiger partial charge >= 0.3 is 0 Å². The molecular weight excluding hydrogens is 204 g/mol. The molecule has 2 rings (SSSR count). The van der Waals surface area contributed by atoms with Gasteiger partial charge in [-0.1, -0.05) is 0 Å². The van der Waals surface area contributed by atoms with Gasteiger partial charge in [0.25, 0.3) is 5.91 Å². The number of hydrogen-bond donors (Lipinski definition) is 1. The van der Waals surface area contributed by atoms with Gasteiger partial charge in [-0.25, -0.2) is 0 Å². The first kappa shape index (κ1) is 11.2. The fraction of sp³-hybridized carbons (Fsp3) is 0.583. The predicted molar refractivity (Wildman–Crippen MR) is 61.3 cm³/mol. The summed E-state index contributed by atoms with van der Waals surface area (Å²) in [5.41, 5.74) is 0.631. The van der Waals surface area contributed by atoms with Crippen molar-refractivity contribution in [3.05, 3.63) is 24.2 Å². The first-order valence-corrected chi connectivity index (χ1v) is 5.76. The number of carbonyl (C=O) groups is 1. The van der Waals surface area contributed by atoms with Gasteiger partial charge in [0, 0.05) is 13.6 Å². The van der Waals surface area contributed by atoms with E-state index in [0.29, 0.717) is 11.5 Å². The Morgan fingerprint density at radius 3 is 3.19 bits per heavy atom. The topological polar surface area (TPSA) is 45.5 Å². The third kappa shape index (κ3) is 2.64. The second-order valence-corrected chi connectivity index (χ2v) is 4.41. The van der Waals surface area contributed by atoms with Crippen LogP contribution in [0.2, 0.25) is 0 Å². The van der Waals surface area contributed by atoms with Crippen molar-refractivity contribution in [2.24, 2.45) is 5.92 Å². The predicted octanol–water partition coefficient (Wildman–Crippen LogP) is 1.35. The lowest BCUT2D eigenvalue weighted by molar-refractivity contribution is 0.0764. The molecule has 88 valence electrons. The van der Waals surface area contributed by atoms with E-state index in [-0.39, 0.29) is 5.91 Å². The van der Waals surface area contributed by atoms with Gasteiger partial charge in [-0.15, -0.1) is 0 Å². The Morgan fingerprint density at radius 1 is 1.69 bits per heavy atom. The van der Waals surface area contributed by atoms with Gasteiger partial charge in [-0.3, -0.25) is 4.79 Å². The highest BCUT2D eigenvalue weighted by molar-refractivity contribution is 5.93. The Bertz CT molecular complexity index is 329. The summed E-state index contributed by atoms with van der Waals surface area (Å²) < 4.78 is 4.92. The maximum absolute atomic E-state index is 11.9. The summed E-state index contributed by atoms with van der Waals surface area (Å²) in [6, 6.07) is 1.71. The van der Waals surface area contributed by atoms with Crippen molar-refractivity contribution in [2.45, 2.75) is 12.8 Å². The van der Waals surface area contributed by atoms with E-state index in [1.54, 1.807) is 11.0 Å². The lowest BCUT2D eigenvalue weighted by Gasteiger charge is -2.27. The molecule has 0 aliphatic carbocycles. The molecule has 1 amide bonds. The Balaban J connectivity index is 1.87. The van der Waals surface area contributed by atoms with E-state index in [4.69, 9.17) is 4.42 Å². The number of nitrogens with zero attached hydrogens (tertiary/aromatic N) is 1. The van der Waals surface area contributed by atoms with Crippen LogP contribution in [0, 0.1) is 5.92 Å². The molecule has 1 aliphatic rings. The van der Waals surface area contributed by atoms with Crippen molar-refractivity contribution >= 4 is 5.91 Å². The minimum Gasteiger partial charge on any atom is -0.472 e. The van der Waals surface area contributed by atoms with Crippen molar-refractivity contribution in [1.29, 1.82) is 0 Å². The van der Waals surface area contributed by atoms with Gasteiger partial charge in [-0.2, -0.15) is 0 Å². The monoisotopic (exact) mass is 222 g/mol. The second-order valence-electron chi connectivity index (χ2n) is 4.41. The first-order valence-electron chi connectivity index (χ1n) is 5.76. The number of hydrogen-bond acceptors (Lipinski definition) is 3. The van der Waals surface area contributed by atoms with Gasteiger partial charge in [-0.05, 0) is 37.9 Å². The normalized spacial score (nSPS) is 20.7. The molecule has 1 unspecified atom stereocenters. The molecule has 1 aromatic rings. The maximum Gasteiger partial charge on any atom is 0.256 e. The Labute approximate surface area is 95.6 Å². The highest BCUT2D eigenvalue weighted by Gasteiger charge is 2.19. The van der Waals surface area contributed by atoms with Crippen LogP contribution in [0.5, 0.6) is 0 Å². The third-order valence-corrected chi connectivity index (χ3v) is 3.05. The molecule has 0 spiro atoms. The molecule has 0 bridgehead atoms. The van der Waals surface area contributed by atoms with E-state index in [2.05, 4.69) is 5.32 Å². The van der Waals surface area contributed by atoms with E-state index >= 15 is 0 Å². The van der Waals surface area contributed by atoms with E-state index in [0.717, 1.165) is 19.6 Å². The van der Waals surface area contributed by atoms with Gasteiger partial charge in [0.15, 0.2) is 0 Å². The molecule has 1 aliphatic heterocycles. The summed E-state index contributed by atoms with van der Waals surface area (Å²) in [6.07, 6.45) is 5.44. The van der Waals surface area contributed by atoms with Crippen LogP contribution in [-0.2, 0) is 0 Å².